The van der Waals surface area contributed by atoms with E-state index in [9.17, 15) is 9.59 Å². The number of amides is 2. The number of rotatable bonds is 2. The quantitative estimate of drug-likeness (QED) is 0.572. The van der Waals surface area contributed by atoms with Crippen LogP contribution in [0.15, 0.2) is 24.3 Å². The molecule has 0 N–H and O–H groups in total. The molecular formula is C13H11NO3. The largest absolute Gasteiger partial charge is 0.421 e. The maximum Gasteiger partial charge on any atom is 0.264 e. The van der Waals surface area contributed by atoms with Crippen molar-refractivity contribution >= 4 is 11.8 Å². The normalized spacial score (nSPS) is 15.1. The summed E-state index contributed by atoms with van der Waals surface area (Å²) in [7, 11) is 0. The minimum Gasteiger partial charge on any atom is -0.421 e. The van der Waals surface area contributed by atoms with E-state index in [4.69, 9.17) is 4.74 Å². The molecule has 17 heavy (non-hydrogen) atoms. The number of hydrogen-bond donors (Lipinski definition) is 0. The van der Waals surface area contributed by atoms with Crippen molar-refractivity contribution in [2.24, 2.45) is 0 Å². The smallest absolute Gasteiger partial charge is 0.264 e. The first kappa shape index (κ1) is 11.2. The van der Waals surface area contributed by atoms with E-state index >= 15 is 0 Å². The molecule has 0 aromatic heterocycles. The maximum absolute atomic E-state index is 12.0. The molecule has 4 heteroatoms. The fourth-order valence-corrected chi connectivity index (χ4v) is 1.74. The fraction of sp³-hybridized carbons (Fsp3) is 0.231. The van der Waals surface area contributed by atoms with Crippen LogP contribution in [0.25, 0.3) is 0 Å². The molecule has 4 nitrogen and oxygen atoms in total. The van der Waals surface area contributed by atoms with Gasteiger partial charge in [-0.2, -0.15) is 0 Å². The number of benzene rings is 1. The van der Waals surface area contributed by atoms with Gasteiger partial charge in [-0.3, -0.25) is 9.59 Å². The van der Waals surface area contributed by atoms with Gasteiger partial charge in [-0.25, -0.2) is 4.90 Å². The molecule has 86 valence electrons. The molecule has 1 heterocycles. The van der Waals surface area contributed by atoms with E-state index in [1.807, 2.05) is 0 Å². The summed E-state index contributed by atoms with van der Waals surface area (Å²) in [5.74, 6) is 1.88. The Morgan fingerprint density at radius 2 is 1.71 bits per heavy atom. The van der Waals surface area contributed by atoms with E-state index < -0.39 is 6.23 Å². The second kappa shape index (κ2) is 4.30. The molecule has 1 atom stereocenters. The summed E-state index contributed by atoms with van der Waals surface area (Å²) in [6, 6.07) is 6.72. The lowest BCUT2D eigenvalue weighted by atomic mass is 10.1. The molecule has 0 aliphatic carbocycles. The molecule has 1 aromatic carbocycles. The topological polar surface area (TPSA) is 46.6 Å². The monoisotopic (exact) mass is 229 g/mol. The van der Waals surface area contributed by atoms with Gasteiger partial charge in [0.2, 0.25) is 0 Å². The van der Waals surface area contributed by atoms with Crippen molar-refractivity contribution in [3.63, 3.8) is 0 Å². The first-order chi connectivity index (χ1) is 8.16. The Kier molecular flexibility index (Phi) is 2.84. The van der Waals surface area contributed by atoms with Crippen molar-refractivity contribution in [2.75, 3.05) is 0 Å². The van der Waals surface area contributed by atoms with E-state index in [2.05, 4.69) is 12.0 Å². The molecule has 0 spiro atoms. The second-order valence-corrected chi connectivity index (χ2v) is 3.60. The van der Waals surface area contributed by atoms with Crippen LogP contribution >= 0.6 is 0 Å². The van der Waals surface area contributed by atoms with Gasteiger partial charge >= 0.3 is 0 Å². The third kappa shape index (κ3) is 1.76. The number of ether oxygens (including phenoxy) is 1. The zero-order chi connectivity index (χ0) is 12.4. The Morgan fingerprint density at radius 1 is 1.18 bits per heavy atom. The van der Waals surface area contributed by atoms with Gasteiger partial charge < -0.3 is 4.74 Å². The lowest BCUT2D eigenvalue weighted by molar-refractivity contribution is 0.0205. The molecule has 1 aliphatic heterocycles. The summed E-state index contributed by atoms with van der Waals surface area (Å²) in [6.07, 6.45) is 1.71. The van der Waals surface area contributed by atoms with Crippen molar-refractivity contribution in [3.8, 4) is 12.0 Å². The average molecular weight is 229 g/mol. The highest BCUT2D eigenvalue weighted by Crippen LogP contribution is 2.24. The van der Waals surface area contributed by atoms with Crippen LogP contribution in [0.1, 0.15) is 34.6 Å². The molecule has 0 saturated carbocycles. The molecule has 0 fully saturated rings. The Bertz CT molecular complexity index is 504. The zero-order valence-electron chi connectivity index (χ0n) is 9.56. The van der Waals surface area contributed by atoms with Gasteiger partial charge in [-0.15, -0.1) is 0 Å². The average Bonchev–Trinajstić information content (AvgIpc) is 2.60. The summed E-state index contributed by atoms with van der Waals surface area (Å²) in [4.78, 5) is 25.1. The van der Waals surface area contributed by atoms with E-state index in [1.165, 1.54) is 0 Å². The first-order valence-electron chi connectivity index (χ1n) is 5.21. The first-order valence-corrected chi connectivity index (χ1v) is 5.21. The Balaban J connectivity index is 2.32. The van der Waals surface area contributed by atoms with Crippen LogP contribution < -0.4 is 0 Å². The fourth-order valence-electron chi connectivity index (χ4n) is 1.74. The van der Waals surface area contributed by atoms with Gasteiger partial charge in [0.1, 0.15) is 6.11 Å². The Labute approximate surface area is 99.2 Å². The van der Waals surface area contributed by atoms with E-state index in [-0.39, 0.29) is 11.8 Å². The van der Waals surface area contributed by atoms with Crippen LogP contribution in [-0.4, -0.2) is 22.9 Å². The third-order valence-electron chi connectivity index (χ3n) is 2.52. The van der Waals surface area contributed by atoms with Gasteiger partial charge in [-0.05, 0) is 19.1 Å². The molecule has 2 amide bonds. The highest BCUT2D eigenvalue weighted by Gasteiger charge is 2.38. The van der Waals surface area contributed by atoms with Gasteiger partial charge in [0, 0.05) is 6.92 Å². The molecular weight excluding hydrogens is 218 g/mol. The lowest BCUT2D eigenvalue weighted by Gasteiger charge is -2.19. The van der Waals surface area contributed by atoms with Crippen LogP contribution in [-0.2, 0) is 4.74 Å². The number of hydrogen-bond acceptors (Lipinski definition) is 3. The van der Waals surface area contributed by atoms with Crippen molar-refractivity contribution < 1.29 is 14.3 Å². The maximum atomic E-state index is 12.0. The lowest BCUT2D eigenvalue weighted by Crippen LogP contribution is -2.38. The highest BCUT2D eigenvalue weighted by atomic mass is 16.5. The second-order valence-electron chi connectivity index (χ2n) is 3.60. The Morgan fingerprint density at radius 3 is 2.18 bits per heavy atom. The molecule has 1 aromatic rings. The number of carbonyl (C=O) groups excluding carboxylic acids is 2. The number of nitrogens with zero attached hydrogens (tertiary/aromatic N) is 1. The van der Waals surface area contributed by atoms with E-state index in [1.54, 1.807) is 38.1 Å². The van der Waals surface area contributed by atoms with Crippen molar-refractivity contribution in [3.05, 3.63) is 35.4 Å². The van der Waals surface area contributed by atoms with Crippen LogP contribution in [0.2, 0.25) is 0 Å². The molecule has 0 saturated heterocycles. The van der Waals surface area contributed by atoms with Gasteiger partial charge in [0.15, 0.2) is 6.23 Å². The Hall–Kier alpha value is -2.28. The van der Waals surface area contributed by atoms with Crippen LogP contribution in [0.5, 0.6) is 0 Å². The summed E-state index contributed by atoms with van der Waals surface area (Å²) in [5, 5.41) is 0. The number of fused-ring (bicyclic) bond motifs is 1. The van der Waals surface area contributed by atoms with Crippen molar-refractivity contribution in [2.45, 2.75) is 20.1 Å². The zero-order valence-corrected chi connectivity index (χ0v) is 9.56. The molecule has 0 bridgehead atoms. The van der Waals surface area contributed by atoms with Crippen LogP contribution in [0, 0.1) is 12.0 Å². The molecule has 1 aliphatic rings. The van der Waals surface area contributed by atoms with Gasteiger partial charge in [0.25, 0.3) is 11.8 Å². The van der Waals surface area contributed by atoms with E-state index in [0.717, 1.165) is 4.90 Å². The van der Waals surface area contributed by atoms with Crippen molar-refractivity contribution in [1.82, 2.24) is 4.90 Å². The molecule has 1 unspecified atom stereocenters. The van der Waals surface area contributed by atoms with Gasteiger partial charge in [-0.1, -0.05) is 18.1 Å². The summed E-state index contributed by atoms with van der Waals surface area (Å²) in [5.41, 5.74) is 0.829. The minimum atomic E-state index is -0.685. The predicted octanol–water partition coefficient (Wildman–Crippen LogP) is 1.63. The van der Waals surface area contributed by atoms with E-state index in [0.29, 0.717) is 11.1 Å². The summed E-state index contributed by atoms with van der Waals surface area (Å²) < 4.78 is 5.07. The van der Waals surface area contributed by atoms with Crippen LogP contribution in [0.3, 0.4) is 0 Å². The molecule has 2 rings (SSSR count). The highest BCUT2D eigenvalue weighted by molar-refractivity contribution is 6.21. The molecule has 0 radical (unpaired) electrons. The minimum absolute atomic E-state index is 0.337. The van der Waals surface area contributed by atoms with Crippen LogP contribution in [0.4, 0.5) is 0 Å². The predicted molar refractivity (Wildman–Crippen MR) is 60.9 cm³/mol. The third-order valence-corrected chi connectivity index (χ3v) is 2.52. The summed E-state index contributed by atoms with van der Waals surface area (Å²) >= 11 is 0. The number of imide groups is 1. The van der Waals surface area contributed by atoms with Crippen molar-refractivity contribution in [1.29, 1.82) is 0 Å². The SMILES string of the molecule is CC#COC(C)N1C(=O)c2ccccc2C1=O. The standard InChI is InChI=1S/C13H11NO3/c1-3-8-17-9(2)14-12(15)10-6-4-5-7-11(10)13(14)16/h4-7,9H,1-2H3. The number of carbonyl (C=O) groups is 2. The van der Waals surface area contributed by atoms with Gasteiger partial charge in [0.05, 0.1) is 11.1 Å². The summed E-state index contributed by atoms with van der Waals surface area (Å²) in [6.45, 7) is 3.24.